The number of aliphatic hydroxyl groups excluding tert-OH is 1. The highest BCUT2D eigenvalue weighted by molar-refractivity contribution is 5.69. The van der Waals surface area contributed by atoms with Crippen molar-refractivity contribution in [3.05, 3.63) is 12.7 Å². The van der Waals surface area contributed by atoms with Gasteiger partial charge in [0, 0.05) is 6.42 Å². The van der Waals surface area contributed by atoms with E-state index in [0.717, 1.165) is 0 Å². The number of aliphatic hydroxyl groups is 1. The van der Waals surface area contributed by atoms with Gasteiger partial charge in [-0.05, 0) is 34.1 Å². The zero-order chi connectivity index (χ0) is 18.0. The first kappa shape index (κ1) is 19.3. The van der Waals surface area contributed by atoms with Gasteiger partial charge in [-0.15, -0.1) is 6.58 Å². The molecule has 0 aromatic carbocycles. The molecule has 2 fully saturated rings. The third-order valence-corrected chi connectivity index (χ3v) is 3.96. The molecule has 4 unspecified atom stereocenters. The maximum atomic E-state index is 12.0. The fourth-order valence-corrected chi connectivity index (χ4v) is 2.77. The second-order valence-corrected chi connectivity index (χ2v) is 7.01. The summed E-state index contributed by atoms with van der Waals surface area (Å²) in [5, 5.41) is 10.7. The van der Waals surface area contributed by atoms with Gasteiger partial charge in [0.25, 0.3) is 0 Å². The van der Waals surface area contributed by atoms with Gasteiger partial charge in [-0.2, -0.15) is 0 Å². The molecule has 2 heterocycles. The number of rotatable bonds is 7. The maximum absolute atomic E-state index is 12.0. The third kappa shape index (κ3) is 5.00. The Morgan fingerprint density at radius 2 is 1.75 bits per heavy atom. The summed E-state index contributed by atoms with van der Waals surface area (Å²) < 4.78 is 28.0. The summed E-state index contributed by atoms with van der Waals surface area (Å²) in [6.45, 7) is 11.1. The van der Waals surface area contributed by atoms with Crippen molar-refractivity contribution >= 4 is 5.97 Å². The average Bonchev–Trinajstić information content (AvgIpc) is 3.03. The highest BCUT2D eigenvalue weighted by Gasteiger charge is 2.47. The van der Waals surface area contributed by atoms with Crippen molar-refractivity contribution < 1.29 is 33.6 Å². The van der Waals surface area contributed by atoms with Crippen LogP contribution in [0.2, 0.25) is 0 Å². The van der Waals surface area contributed by atoms with E-state index in [4.69, 9.17) is 23.7 Å². The minimum atomic E-state index is -1.08. The fourth-order valence-electron chi connectivity index (χ4n) is 2.77. The molecule has 0 aromatic rings. The Morgan fingerprint density at radius 3 is 2.21 bits per heavy atom. The van der Waals surface area contributed by atoms with E-state index in [9.17, 15) is 9.90 Å². The lowest BCUT2D eigenvalue weighted by Crippen LogP contribution is -2.49. The molecule has 0 spiro atoms. The van der Waals surface area contributed by atoms with Crippen LogP contribution in [-0.4, -0.2) is 60.3 Å². The van der Waals surface area contributed by atoms with Crippen LogP contribution in [0.3, 0.4) is 0 Å². The molecule has 7 heteroatoms. The van der Waals surface area contributed by atoms with Crippen molar-refractivity contribution in [2.24, 2.45) is 0 Å². The van der Waals surface area contributed by atoms with E-state index in [-0.39, 0.29) is 19.6 Å². The monoisotopic (exact) mass is 344 g/mol. The minimum Gasteiger partial charge on any atom is -0.457 e. The average molecular weight is 344 g/mol. The lowest BCUT2D eigenvalue weighted by molar-refractivity contribution is -0.198. The zero-order valence-corrected chi connectivity index (χ0v) is 14.8. The van der Waals surface area contributed by atoms with Crippen LogP contribution in [0.25, 0.3) is 0 Å². The summed E-state index contributed by atoms with van der Waals surface area (Å²) in [5.74, 6) is -2.00. The third-order valence-electron chi connectivity index (χ3n) is 3.96. The van der Waals surface area contributed by atoms with E-state index in [1.807, 2.05) is 0 Å². The molecule has 4 atom stereocenters. The van der Waals surface area contributed by atoms with Gasteiger partial charge in [0.2, 0.25) is 0 Å². The van der Waals surface area contributed by atoms with Crippen LogP contribution in [0.15, 0.2) is 12.7 Å². The minimum absolute atomic E-state index is 0.192. The molecule has 2 rings (SSSR count). The van der Waals surface area contributed by atoms with Gasteiger partial charge in [-0.1, -0.05) is 6.08 Å². The van der Waals surface area contributed by atoms with Gasteiger partial charge in [-0.25, -0.2) is 0 Å². The Labute approximate surface area is 142 Å². The molecule has 0 aromatic heterocycles. The van der Waals surface area contributed by atoms with Crippen LogP contribution in [0.4, 0.5) is 0 Å². The molecule has 24 heavy (non-hydrogen) atoms. The van der Waals surface area contributed by atoms with E-state index >= 15 is 0 Å². The molecular weight excluding hydrogens is 316 g/mol. The lowest BCUT2D eigenvalue weighted by atomic mass is 10.0. The number of hydrogen-bond donors (Lipinski definition) is 1. The van der Waals surface area contributed by atoms with Crippen molar-refractivity contribution in [2.45, 2.75) is 76.5 Å². The number of carbonyl (C=O) groups is 1. The fraction of sp³-hybridized carbons (Fsp3) is 0.824. The Balaban J connectivity index is 2.07. The van der Waals surface area contributed by atoms with Gasteiger partial charge >= 0.3 is 5.97 Å². The van der Waals surface area contributed by atoms with Crippen LogP contribution in [0, 0.1) is 0 Å². The second-order valence-electron chi connectivity index (χ2n) is 7.01. The largest absolute Gasteiger partial charge is 0.457 e. The molecule has 2 aliphatic heterocycles. The molecule has 0 bridgehead atoms. The molecule has 1 N–H and O–H groups in total. The van der Waals surface area contributed by atoms with E-state index in [1.165, 1.54) is 0 Å². The lowest BCUT2D eigenvalue weighted by Gasteiger charge is -2.31. The van der Waals surface area contributed by atoms with Crippen LogP contribution < -0.4 is 0 Å². The highest BCUT2D eigenvalue weighted by Crippen LogP contribution is 2.31. The zero-order valence-electron chi connectivity index (χ0n) is 14.8. The molecule has 7 nitrogen and oxygen atoms in total. The molecule has 0 aliphatic carbocycles. The quantitative estimate of drug-likeness (QED) is 0.554. The summed E-state index contributed by atoms with van der Waals surface area (Å²) in [7, 11) is 0. The van der Waals surface area contributed by atoms with Gasteiger partial charge < -0.3 is 28.8 Å². The van der Waals surface area contributed by atoms with Gasteiger partial charge in [0.1, 0.15) is 18.3 Å². The Morgan fingerprint density at radius 1 is 1.21 bits per heavy atom. The van der Waals surface area contributed by atoms with Crippen molar-refractivity contribution in [2.75, 3.05) is 13.2 Å². The van der Waals surface area contributed by atoms with E-state index in [2.05, 4.69) is 6.58 Å². The van der Waals surface area contributed by atoms with Gasteiger partial charge in [-0.3, -0.25) is 4.79 Å². The summed E-state index contributed by atoms with van der Waals surface area (Å²) >= 11 is 0. The van der Waals surface area contributed by atoms with E-state index in [1.54, 1.807) is 33.8 Å². The molecule has 0 radical (unpaired) electrons. The summed E-state index contributed by atoms with van der Waals surface area (Å²) in [6, 6.07) is 0. The molecule has 138 valence electrons. The molecular formula is C17H28O7. The van der Waals surface area contributed by atoms with Crippen LogP contribution in [0.5, 0.6) is 0 Å². The standard InChI is InChI=1S/C17H28O7/c1-6-7-8-13(18)22-15(12-10-21-17(4,5)24-12)14(19)11-9-20-16(2,3)23-11/h6,11-12,14-15,19H,1,7-10H2,2-5H3. The number of allylic oxidation sites excluding steroid dienone is 1. The number of ether oxygens (including phenoxy) is 5. The SMILES string of the molecule is C=CCCC(=O)OC(C1COC(C)(C)O1)C(O)C1COC(C)(C)O1. The van der Waals surface area contributed by atoms with Gasteiger partial charge in [0.05, 0.1) is 13.2 Å². The predicted octanol–water partition coefficient (Wildman–Crippen LogP) is 1.53. The van der Waals surface area contributed by atoms with Crippen LogP contribution in [-0.2, 0) is 28.5 Å². The summed E-state index contributed by atoms with van der Waals surface area (Å²) in [6.07, 6.45) is -0.822. The van der Waals surface area contributed by atoms with Gasteiger partial charge in [0.15, 0.2) is 17.7 Å². The molecule has 0 amide bonds. The van der Waals surface area contributed by atoms with Crippen molar-refractivity contribution in [1.82, 2.24) is 0 Å². The Hall–Kier alpha value is -0.990. The van der Waals surface area contributed by atoms with Crippen molar-refractivity contribution in [3.8, 4) is 0 Å². The maximum Gasteiger partial charge on any atom is 0.306 e. The number of hydrogen-bond acceptors (Lipinski definition) is 7. The first-order valence-corrected chi connectivity index (χ1v) is 8.25. The molecule has 0 saturated carbocycles. The summed E-state index contributed by atoms with van der Waals surface area (Å²) in [5.41, 5.74) is 0. The predicted molar refractivity (Wildman–Crippen MR) is 85.1 cm³/mol. The first-order chi connectivity index (χ1) is 11.1. The Bertz CT molecular complexity index is 460. The summed E-state index contributed by atoms with van der Waals surface area (Å²) in [4.78, 5) is 12.0. The molecule has 2 saturated heterocycles. The molecule has 2 aliphatic rings. The van der Waals surface area contributed by atoms with E-state index < -0.39 is 42.0 Å². The second kappa shape index (κ2) is 7.49. The number of esters is 1. The smallest absolute Gasteiger partial charge is 0.306 e. The van der Waals surface area contributed by atoms with E-state index in [0.29, 0.717) is 6.42 Å². The van der Waals surface area contributed by atoms with Crippen molar-refractivity contribution in [3.63, 3.8) is 0 Å². The normalized spacial score (nSPS) is 30.7. The van der Waals surface area contributed by atoms with Crippen molar-refractivity contribution in [1.29, 1.82) is 0 Å². The topological polar surface area (TPSA) is 83.5 Å². The van der Waals surface area contributed by atoms with Crippen LogP contribution >= 0.6 is 0 Å². The Kier molecular flexibility index (Phi) is 6.04. The highest BCUT2D eigenvalue weighted by atomic mass is 16.8. The number of carbonyl (C=O) groups excluding carboxylic acids is 1. The first-order valence-electron chi connectivity index (χ1n) is 8.25. The van der Waals surface area contributed by atoms with Crippen LogP contribution in [0.1, 0.15) is 40.5 Å².